The van der Waals surface area contributed by atoms with Crippen LogP contribution in [0.15, 0.2) is 59.4 Å². The van der Waals surface area contributed by atoms with Crippen molar-refractivity contribution in [3.05, 3.63) is 66.3 Å². The van der Waals surface area contributed by atoms with E-state index in [4.69, 9.17) is 4.52 Å². The van der Waals surface area contributed by atoms with Crippen molar-refractivity contribution in [1.82, 2.24) is 20.4 Å². The summed E-state index contributed by atoms with van der Waals surface area (Å²) in [5.74, 6) is 1.18. The van der Waals surface area contributed by atoms with Crippen molar-refractivity contribution in [2.75, 3.05) is 7.05 Å². The van der Waals surface area contributed by atoms with Crippen LogP contribution in [0.3, 0.4) is 0 Å². The number of nitrogens with one attached hydrogen (secondary N) is 1. The van der Waals surface area contributed by atoms with Crippen molar-refractivity contribution in [2.45, 2.75) is 12.5 Å². The summed E-state index contributed by atoms with van der Waals surface area (Å²) in [5.41, 5.74) is 2.05. The Morgan fingerprint density at radius 2 is 2.00 bits per heavy atom. The molecule has 2 heterocycles. The second-order valence-electron chi connectivity index (χ2n) is 4.71. The summed E-state index contributed by atoms with van der Waals surface area (Å²) in [4.78, 5) is 8.50. The van der Waals surface area contributed by atoms with E-state index >= 15 is 0 Å². The summed E-state index contributed by atoms with van der Waals surface area (Å²) in [5, 5.41) is 7.29. The zero-order valence-corrected chi connectivity index (χ0v) is 11.7. The van der Waals surface area contributed by atoms with Crippen LogP contribution in [-0.2, 0) is 6.42 Å². The first kappa shape index (κ1) is 13.5. The van der Waals surface area contributed by atoms with E-state index in [0.717, 1.165) is 5.56 Å². The fraction of sp³-hybridized carbons (Fsp3) is 0.188. The Hall–Kier alpha value is -2.53. The number of nitrogens with zero attached hydrogens (tertiary/aromatic N) is 3. The smallest absolute Gasteiger partial charge is 0.228 e. The fourth-order valence-electron chi connectivity index (χ4n) is 2.20. The quantitative estimate of drug-likeness (QED) is 0.778. The van der Waals surface area contributed by atoms with Crippen molar-refractivity contribution >= 4 is 0 Å². The molecule has 0 amide bonds. The van der Waals surface area contributed by atoms with Crippen molar-refractivity contribution < 1.29 is 4.52 Å². The van der Waals surface area contributed by atoms with Gasteiger partial charge in [0.1, 0.15) is 0 Å². The molecule has 5 heteroatoms. The summed E-state index contributed by atoms with van der Waals surface area (Å²) in [6.07, 6.45) is 4.09. The van der Waals surface area contributed by atoms with E-state index in [1.54, 1.807) is 12.4 Å². The minimum atomic E-state index is 0.147. The van der Waals surface area contributed by atoms with Gasteiger partial charge in [0.15, 0.2) is 0 Å². The van der Waals surface area contributed by atoms with Crippen LogP contribution in [0.2, 0.25) is 0 Å². The van der Waals surface area contributed by atoms with Gasteiger partial charge in [-0.15, -0.1) is 0 Å². The zero-order chi connectivity index (χ0) is 14.5. The van der Waals surface area contributed by atoms with Crippen LogP contribution < -0.4 is 5.32 Å². The van der Waals surface area contributed by atoms with Crippen LogP contribution in [0.4, 0.5) is 0 Å². The van der Waals surface area contributed by atoms with Gasteiger partial charge in [-0.2, -0.15) is 4.98 Å². The standard InChI is InChI=1S/C16H16N4O/c1-17-14(12-6-3-2-4-7-12)10-15-19-16(20-21-15)13-8-5-9-18-11-13/h2-9,11,14,17H,10H2,1H3. The predicted molar refractivity (Wildman–Crippen MR) is 79.5 cm³/mol. The summed E-state index contributed by atoms with van der Waals surface area (Å²) < 4.78 is 5.34. The number of likely N-dealkylation sites (N-methyl/N-ethyl adjacent to an activating group) is 1. The van der Waals surface area contributed by atoms with E-state index in [0.29, 0.717) is 18.1 Å². The molecule has 1 atom stereocenters. The van der Waals surface area contributed by atoms with Crippen molar-refractivity contribution in [2.24, 2.45) is 0 Å². The Labute approximate surface area is 123 Å². The molecule has 3 rings (SSSR count). The summed E-state index contributed by atoms with van der Waals surface area (Å²) in [6, 6.07) is 14.1. The van der Waals surface area contributed by atoms with Gasteiger partial charge in [0.2, 0.25) is 11.7 Å². The monoisotopic (exact) mass is 280 g/mol. The number of benzene rings is 1. The minimum Gasteiger partial charge on any atom is -0.339 e. The highest BCUT2D eigenvalue weighted by atomic mass is 16.5. The number of rotatable bonds is 5. The molecule has 0 saturated heterocycles. The van der Waals surface area contributed by atoms with E-state index in [1.807, 2.05) is 37.4 Å². The molecule has 0 aliphatic rings. The first-order chi connectivity index (χ1) is 10.4. The molecule has 0 saturated carbocycles. The van der Waals surface area contributed by atoms with Crippen LogP contribution in [0, 0.1) is 0 Å². The Morgan fingerprint density at radius 1 is 1.14 bits per heavy atom. The third-order valence-corrected chi connectivity index (χ3v) is 3.32. The highest BCUT2D eigenvalue weighted by Crippen LogP contribution is 2.19. The Bertz CT molecular complexity index is 682. The first-order valence-corrected chi connectivity index (χ1v) is 6.82. The van der Waals surface area contributed by atoms with Gasteiger partial charge in [-0.05, 0) is 24.7 Å². The minimum absolute atomic E-state index is 0.147. The molecular weight excluding hydrogens is 264 g/mol. The SMILES string of the molecule is CNC(Cc1nc(-c2cccnc2)no1)c1ccccc1. The largest absolute Gasteiger partial charge is 0.339 e. The van der Waals surface area contributed by atoms with Crippen molar-refractivity contribution in [3.63, 3.8) is 0 Å². The molecule has 0 aliphatic carbocycles. The molecule has 21 heavy (non-hydrogen) atoms. The third-order valence-electron chi connectivity index (χ3n) is 3.32. The van der Waals surface area contributed by atoms with E-state index in [-0.39, 0.29) is 6.04 Å². The average molecular weight is 280 g/mol. The molecule has 1 N–H and O–H groups in total. The molecule has 0 spiro atoms. The van der Waals surface area contributed by atoms with Crippen LogP contribution in [0.25, 0.3) is 11.4 Å². The lowest BCUT2D eigenvalue weighted by Gasteiger charge is -2.13. The number of hydrogen-bond donors (Lipinski definition) is 1. The Kier molecular flexibility index (Phi) is 4.02. The highest BCUT2D eigenvalue weighted by Gasteiger charge is 2.15. The van der Waals surface area contributed by atoms with Gasteiger partial charge in [0.05, 0.1) is 0 Å². The van der Waals surface area contributed by atoms with Crippen LogP contribution >= 0.6 is 0 Å². The van der Waals surface area contributed by atoms with Gasteiger partial charge in [-0.25, -0.2) is 0 Å². The molecule has 0 radical (unpaired) electrons. The molecule has 106 valence electrons. The van der Waals surface area contributed by atoms with Crippen molar-refractivity contribution in [1.29, 1.82) is 0 Å². The Morgan fingerprint density at radius 3 is 2.71 bits per heavy atom. The maximum atomic E-state index is 5.34. The lowest BCUT2D eigenvalue weighted by atomic mass is 10.0. The normalized spacial score (nSPS) is 12.2. The van der Waals surface area contributed by atoms with Crippen molar-refractivity contribution in [3.8, 4) is 11.4 Å². The van der Waals surface area contributed by atoms with Crippen LogP contribution in [0.5, 0.6) is 0 Å². The molecule has 3 aromatic rings. The van der Waals surface area contributed by atoms with Gasteiger partial charge < -0.3 is 9.84 Å². The third kappa shape index (κ3) is 3.14. The lowest BCUT2D eigenvalue weighted by Crippen LogP contribution is -2.18. The van der Waals surface area contributed by atoms with Gasteiger partial charge in [-0.1, -0.05) is 35.5 Å². The lowest BCUT2D eigenvalue weighted by molar-refractivity contribution is 0.363. The van der Waals surface area contributed by atoms with E-state index in [1.165, 1.54) is 5.56 Å². The second kappa shape index (κ2) is 6.28. The van der Waals surface area contributed by atoms with Gasteiger partial charge in [0.25, 0.3) is 0 Å². The average Bonchev–Trinajstić information content (AvgIpc) is 3.03. The first-order valence-electron chi connectivity index (χ1n) is 6.82. The van der Waals surface area contributed by atoms with Crippen LogP contribution in [0.1, 0.15) is 17.5 Å². The van der Waals surface area contributed by atoms with Gasteiger partial charge >= 0.3 is 0 Å². The molecule has 1 unspecified atom stereocenters. The number of hydrogen-bond acceptors (Lipinski definition) is 5. The molecular formula is C16H16N4O. The zero-order valence-electron chi connectivity index (χ0n) is 11.7. The summed E-state index contributed by atoms with van der Waals surface area (Å²) in [7, 11) is 1.93. The molecule has 0 aliphatic heterocycles. The second-order valence-corrected chi connectivity index (χ2v) is 4.71. The fourth-order valence-corrected chi connectivity index (χ4v) is 2.20. The van der Waals surface area contributed by atoms with Gasteiger partial charge in [-0.3, -0.25) is 4.98 Å². The molecule has 0 bridgehead atoms. The maximum absolute atomic E-state index is 5.34. The number of aromatic nitrogens is 3. The molecule has 1 aromatic carbocycles. The summed E-state index contributed by atoms with van der Waals surface area (Å²) >= 11 is 0. The van der Waals surface area contributed by atoms with E-state index in [9.17, 15) is 0 Å². The maximum Gasteiger partial charge on any atom is 0.228 e. The number of pyridine rings is 1. The topological polar surface area (TPSA) is 63.8 Å². The highest BCUT2D eigenvalue weighted by molar-refractivity contribution is 5.51. The van der Waals surface area contributed by atoms with E-state index < -0.39 is 0 Å². The van der Waals surface area contributed by atoms with Crippen LogP contribution in [-0.4, -0.2) is 22.2 Å². The Balaban J connectivity index is 1.78. The molecule has 0 fully saturated rings. The van der Waals surface area contributed by atoms with E-state index in [2.05, 4.69) is 32.6 Å². The predicted octanol–water partition coefficient (Wildman–Crippen LogP) is 2.63. The van der Waals surface area contributed by atoms with Gasteiger partial charge in [0, 0.05) is 30.4 Å². The molecule has 5 nitrogen and oxygen atoms in total. The molecule has 2 aromatic heterocycles. The summed E-state index contributed by atoms with van der Waals surface area (Å²) in [6.45, 7) is 0.